The van der Waals surface area contributed by atoms with Crippen LogP contribution in [0.4, 0.5) is 0 Å². The summed E-state index contributed by atoms with van der Waals surface area (Å²) in [5.74, 6) is 0. The van der Waals surface area contributed by atoms with E-state index >= 15 is 0 Å². The van der Waals surface area contributed by atoms with Gasteiger partial charge < -0.3 is 4.90 Å². The van der Waals surface area contributed by atoms with Gasteiger partial charge in [0.2, 0.25) is 10.2 Å². The molecule has 0 N–H and O–H groups in total. The Morgan fingerprint density at radius 1 is 1.50 bits per heavy atom. The molecule has 1 atom stereocenters. The fraction of sp³-hybridized carbons (Fsp3) is 0.750. The molecular weight excluding hydrogens is 220 g/mol. The van der Waals surface area contributed by atoms with Crippen molar-refractivity contribution in [3.63, 3.8) is 0 Å². The Morgan fingerprint density at radius 2 is 1.90 bits per heavy atom. The fourth-order valence-corrected chi connectivity index (χ4v) is 0.792. The number of carbonyl (C=O) groups is 1. The highest BCUT2D eigenvalue weighted by Gasteiger charge is 2.33. The summed E-state index contributed by atoms with van der Waals surface area (Å²) >= 11 is 21.6. The molecule has 0 aliphatic rings. The SMILES string of the molecule is CN(C=O)C(Cl)C(Cl)(Cl)Cl. The minimum Gasteiger partial charge on any atom is -0.328 e. The van der Waals surface area contributed by atoms with Crippen LogP contribution in [0.3, 0.4) is 0 Å². The van der Waals surface area contributed by atoms with Gasteiger partial charge in [0, 0.05) is 7.05 Å². The first-order valence-corrected chi connectivity index (χ1v) is 3.84. The van der Waals surface area contributed by atoms with Crippen molar-refractivity contribution in [1.29, 1.82) is 0 Å². The van der Waals surface area contributed by atoms with Crippen LogP contribution in [0, 0.1) is 0 Å². The molecule has 0 aromatic carbocycles. The Kier molecular flexibility index (Phi) is 4.10. The van der Waals surface area contributed by atoms with E-state index in [1.54, 1.807) is 0 Å². The fourth-order valence-electron chi connectivity index (χ4n) is 0.284. The van der Waals surface area contributed by atoms with Gasteiger partial charge in [-0.25, -0.2) is 0 Å². The largest absolute Gasteiger partial charge is 0.328 e. The summed E-state index contributed by atoms with van der Waals surface area (Å²) in [6.07, 6.45) is 0.486. The van der Waals surface area contributed by atoms with E-state index in [0.29, 0.717) is 6.41 Å². The molecule has 0 bridgehead atoms. The van der Waals surface area contributed by atoms with E-state index in [1.165, 1.54) is 7.05 Å². The van der Waals surface area contributed by atoms with Crippen molar-refractivity contribution in [2.75, 3.05) is 7.05 Å². The first-order chi connectivity index (χ1) is 4.39. The van der Waals surface area contributed by atoms with Crippen LogP contribution in [-0.2, 0) is 4.79 Å². The molecule has 0 saturated heterocycles. The van der Waals surface area contributed by atoms with E-state index in [0.717, 1.165) is 4.90 Å². The topological polar surface area (TPSA) is 20.3 Å². The number of amides is 1. The molecule has 1 unspecified atom stereocenters. The number of halogens is 4. The Balaban J connectivity index is 4.07. The molecule has 0 radical (unpaired) electrons. The summed E-state index contributed by atoms with van der Waals surface area (Å²) in [7, 11) is 1.42. The number of hydrogen-bond donors (Lipinski definition) is 0. The predicted molar refractivity (Wildman–Crippen MR) is 43.8 cm³/mol. The highest BCUT2D eigenvalue weighted by molar-refractivity contribution is 6.70. The summed E-state index contributed by atoms with van der Waals surface area (Å²) in [5, 5.41) is 0. The first kappa shape index (κ1) is 10.6. The zero-order valence-electron chi connectivity index (χ0n) is 5.02. The second-order valence-corrected chi connectivity index (χ2v) is 4.43. The van der Waals surface area contributed by atoms with E-state index in [-0.39, 0.29) is 0 Å². The van der Waals surface area contributed by atoms with Gasteiger partial charge in [0.25, 0.3) is 0 Å². The van der Waals surface area contributed by atoms with Gasteiger partial charge in [-0.05, 0) is 0 Å². The van der Waals surface area contributed by atoms with Gasteiger partial charge >= 0.3 is 0 Å². The molecule has 10 heavy (non-hydrogen) atoms. The number of alkyl halides is 4. The summed E-state index contributed by atoms with van der Waals surface area (Å²) in [4.78, 5) is 11.1. The van der Waals surface area contributed by atoms with Crippen LogP contribution in [0.1, 0.15) is 0 Å². The maximum absolute atomic E-state index is 10.1. The summed E-state index contributed by atoms with van der Waals surface area (Å²) in [6.45, 7) is 0. The minimum absolute atomic E-state index is 0.486. The van der Waals surface area contributed by atoms with Crippen LogP contribution in [0.15, 0.2) is 0 Å². The third kappa shape index (κ3) is 3.15. The second kappa shape index (κ2) is 3.86. The van der Waals surface area contributed by atoms with Crippen LogP contribution < -0.4 is 0 Å². The maximum Gasteiger partial charge on any atom is 0.224 e. The van der Waals surface area contributed by atoms with Crippen LogP contribution >= 0.6 is 46.4 Å². The normalized spacial score (nSPS) is 14.5. The van der Waals surface area contributed by atoms with E-state index in [1.807, 2.05) is 0 Å². The zero-order valence-corrected chi connectivity index (χ0v) is 8.05. The first-order valence-electron chi connectivity index (χ1n) is 2.27. The van der Waals surface area contributed by atoms with Gasteiger partial charge in [-0.15, -0.1) is 0 Å². The number of hydrogen-bond acceptors (Lipinski definition) is 1. The van der Waals surface area contributed by atoms with Crippen molar-refractivity contribution < 1.29 is 4.79 Å². The Bertz CT molecular complexity index is 123. The molecule has 0 aliphatic heterocycles. The average Bonchev–Trinajstić information content (AvgIpc) is 1.83. The lowest BCUT2D eigenvalue weighted by molar-refractivity contribution is -0.117. The third-order valence-corrected chi connectivity index (χ3v) is 2.38. The van der Waals surface area contributed by atoms with Gasteiger partial charge in [0.15, 0.2) is 5.50 Å². The quantitative estimate of drug-likeness (QED) is 0.399. The van der Waals surface area contributed by atoms with Crippen LogP contribution in [0.25, 0.3) is 0 Å². The standard InChI is InChI=1S/C4H5Cl4NO/c1-9(2-10)3(5)4(6,7)8/h2-3H,1H3. The molecule has 6 heteroatoms. The van der Waals surface area contributed by atoms with Gasteiger partial charge in [-0.3, -0.25) is 4.79 Å². The lowest BCUT2D eigenvalue weighted by Crippen LogP contribution is -2.36. The summed E-state index contributed by atoms with van der Waals surface area (Å²) < 4.78 is -1.64. The molecule has 0 fully saturated rings. The highest BCUT2D eigenvalue weighted by atomic mass is 35.6. The summed E-state index contributed by atoms with van der Waals surface area (Å²) in [5.41, 5.74) is -0.935. The van der Waals surface area contributed by atoms with Crippen molar-refractivity contribution in [2.45, 2.75) is 9.29 Å². The van der Waals surface area contributed by atoms with Crippen LogP contribution in [-0.4, -0.2) is 27.7 Å². The molecule has 0 rings (SSSR count). The van der Waals surface area contributed by atoms with Crippen molar-refractivity contribution >= 4 is 52.8 Å². The Morgan fingerprint density at radius 3 is 2.00 bits per heavy atom. The Labute approximate surface area is 79.0 Å². The predicted octanol–water partition coefficient (Wildman–Crippen LogP) is 2.01. The number of rotatable bonds is 2. The van der Waals surface area contributed by atoms with Crippen molar-refractivity contribution in [1.82, 2.24) is 4.90 Å². The lowest BCUT2D eigenvalue weighted by Gasteiger charge is -2.24. The maximum atomic E-state index is 10.1. The van der Waals surface area contributed by atoms with E-state index in [4.69, 9.17) is 46.4 Å². The summed E-state index contributed by atoms with van der Waals surface area (Å²) in [6, 6.07) is 0. The zero-order chi connectivity index (χ0) is 8.36. The van der Waals surface area contributed by atoms with Crippen molar-refractivity contribution in [3.05, 3.63) is 0 Å². The highest BCUT2D eigenvalue weighted by Crippen LogP contribution is 2.34. The van der Waals surface area contributed by atoms with Gasteiger partial charge in [0.05, 0.1) is 0 Å². The number of nitrogens with zero attached hydrogens (tertiary/aromatic N) is 1. The van der Waals surface area contributed by atoms with E-state index in [9.17, 15) is 4.79 Å². The molecule has 60 valence electrons. The minimum atomic E-state index is -1.64. The molecule has 0 saturated carbocycles. The van der Waals surface area contributed by atoms with Crippen molar-refractivity contribution in [2.24, 2.45) is 0 Å². The molecule has 2 nitrogen and oxygen atoms in total. The van der Waals surface area contributed by atoms with Crippen LogP contribution in [0.2, 0.25) is 0 Å². The average molecular weight is 225 g/mol. The lowest BCUT2D eigenvalue weighted by atomic mass is 10.6. The second-order valence-electron chi connectivity index (χ2n) is 1.65. The molecule has 0 spiro atoms. The van der Waals surface area contributed by atoms with Gasteiger partial charge in [-0.1, -0.05) is 46.4 Å². The van der Waals surface area contributed by atoms with E-state index in [2.05, 4.69) is 0 Å². The molecule has 1 amide bonds. The molecule has 0 aromatic heterocycles. The van der Waals surface area contributed by atoms with Crippen LogP contribution in [0.5, 0.6) is 0 Å². The van der Waals surface area contributed by atoms with Gasteiger partial charge in [-0.2, -0.15) is 0 Å². The van der Waals surface area contributed by atoms with Crippen molar-refractivity contribution in [3.8, 4) is 0 Å². The Hall–Kier alpha value is 0.630. The monoisotopic (exact) mass is 223 g/mol. The third-order valence-electron chi connectivity index (χ3n) is 0.794. The smallest absolute Gasteiger partial charge is 0.224 e. The van der Waals surface area contributed by atoms with Gasteiger partial charge in [0.1, 0.15) is 0 Å². The molecule has 0 aliphatic carbocycles. The van der Waals surface area contributed by atoms with E-state index < -0.39 is 9.29 Å². The molecule has 0 heterocycles. The molecule has 0 aromatic rings. The molecular formula is C4H5Cl4NO. The number of carbonyl (C=O) groups excluding carboxylic acids is 1.